The lowest BCUT2D eigenvalue weighted by Gasteiger charge is -2.21. The van der Waals surface area contributed by atoms with E-state index in [4.69, 9.17) is 0 Å². The van der Waals surface area contributed by atoms with E-state index in [0.29, 0.717) is 5.82 Å². The molecular formula is C13H17N3O2. The third-order valence-corrected chi connectivity index (χ3v) is 4.18. The van der Waals surface area contributed by atoms with Crippen LogP contribution < -0.4 is 0 Å². The van der Waals surface area contributed by atoms with Gasteiger partial charge in [-0.15, -0.1) is 0 Å². The predicted molar refractivity (Wildman–Crippen MR) is 64.3 cm³/mol. The van der Waals surface area contributed by atoms with Crippen LogP contribution in [0, 0.1) is 11.8 Å². The number of amides is 2. The van der Waals surface area contributed by atoms with Crippen LogP contribution in [0.2, 0.25) is 0 Å². The molecular weight excluding hydrogens is 230 g/mol. The van der Waals surface area contributed by atoms with Crippen LogP contribution in [0.15, 0.2) is 12.4 Å². The third-order valence-electron chi connectivity index (χ3n) is 4.18. The van der Waals surface area contributed by atoms with E-state index in [1.54, 1.807) is 12.4 Å². The van der Waals surface area contributed by atoms with Crippen LogP contribution >= 0.6 is 0 Å². The number of aromatic nitrogens is 2. The number of nitrogens with zero attached hydrogens (tertiary/aromatic N) is 2. The molecule has 1 aromatic heterocycles. The minimum atomic E-state index is -0.286. The molecule has 18 heavy (non-hydrogen) atoms. The molecule has 0 spiro atoms. The first-order valence-electron chi connectivity index (χ1n) is 6.56. The van der Waals surface area contributed by atoms with Gasteiger partial charge in [-0.2, -0.15) is 0 Å². The molecule has 3 unspecified atom stereocenters. The summed E-state index contributed by atoms with van der Waals surface area (Å²) in [5.41, 5.74) is 0. The molecule has 1 aliphatic heterocycles. The van der Waals surface area contributed by atoms with E-state index >= 15 is 0 Å². The minimum Gasteiger partial charge on any atom is -0.347 e. The summed E-state index contributed by atoms with van der Waals surface area (Å²) in [5.74, 6) is 0.505. The van der Waals surface area contributed by atoms with E-state index in [-0.39, 0.29) is 29.7 Å². The number of aromatic amines is 1. The summed E-state index contributed by atoms with van der Waals surface area (Å²) in [4.78, 5) is 33.2. The summed E-state index contributed by atoms with van der Waals surface area (Å²) in [6, 6.07) is -0.286. The highest BCUT2D eigenvalue weighted by atomic mass is 16.2. The minimum absolute atomic E-state index is 0.00593. The molecule has 3 atom stereocenters. The lowest BCUT2D eigenvalue weighted by atomic mass is 9.81. The van der Waals surface area contributed by atoms with Gasteiger partial charge < -0.3 is 4.98 Å². The monoisotopic (exact) mass is 247 g/mol. The lowest BCUT2D eigenvalue weighted by Crippen LogP contribution is -2.34. The quantitative estimate of drug-likeness (QED) is 0.808. The number of hydrogen-bond donors (Lipinski definition) is 1. The molecule has 1 N–H and O–H groups in total. The molecule has 5 nitrogen and oxygen atoms in total. The second kappa shape index (κ2) is 4.23. The number of carbonyl (C=O) groups excluding carboxylic acids is 2. The number of likely N-dealkylation sites (tertiary alicyclic amines) is 1. The first-order valence-corrected chi connectivity index (χ1v) is 6.56. The van der Waals surface area contributed by atoms with Gasteiger partial charge >= 0.3 is 0 Å². The van der Waals surface area contributed by atoms with Crippen molar-refractivity contribution in [3.63, 3.8) is 0 Å². The van der Waals surface area contributed by atoms with Gasteiger partial charge in [-0.3, -0.25) is 14.5 Å². The molecule has 2 heterocycles. The van der Waals surface area contributed by atoms with Crippen LogP contribution in [-0.4, -0.2) is 26.7 Å². The number of H-pyrrole nitrogens is 1. The zero-order valence-corrected chi connectivity index (χ0v) is 10.4. The molecule has 5 heteroatoms. The zero-order chi connectivity index (χ0) is 12.7. The van der Waals surface area contributed by atoms with Crippen LogP contribution in [0.25, 0.3) is 0 Å². The van der Waals surface area contributed by atoms with Gasteiger partial charge in [-0.1, -0.05) is 12.8 Å². The average molecular weight is 247 g/mol. The van der Waals surface area contributed by atoms with Gasteiger partial charge in [-0.05, 0) is 19.8 Å². The molecule has 1 aromatic rings. The van der Waals surface area contributed by atoms with Crippen molar-refractivity contribution < 1.29 is 9.59 Å². The Labute approximate surface area is 106 Å². The van der Waals surface area contributed by atoms with Gasteiger partial charge in [0.15, 0.2) is 0 Å². The van der Waals surface area contributed by atoms with Gasteiger partial charge in [0.25, 0.3) is 0 Å². The van der Waals surface area contributed by atoms with Crippen LogP contribution in [0.4, 0.5) is 0 Å². The summed E-state index contributed by atoms with van der Waals surface area (Å²) in [7, 11) is 0. The van der Waals surface area contributed by atoms with Crippen LogP contribution in [0.3, 0.4) is 0 Å². The fraction of sp³-hybridized carbons (Fsp3) is 0.615. The number of nitrogens with one attached hydrogen (secondary N) is 1. The van der Waals surface area contributed by atoms with Crippen molar-refractivity contribution in [3.8, 4) is 0 Å². The van der Waals surface area contributed by atoms with Crippen LogP contribution in [0.5, 0.6) is 0 Å². The SMILES string of the molecule is CC(c1ncc[nH]1)N1C(=O)C2CCCCC2C1=O. The van der Waals surface area contributed by atoms with Gasteiger partial charge in [0.05, 0.1) is 17.9 Å². The maximum absolute atomic E-state index is 12.4. The number of fused-ring (bicyclic) bond motifs is 1. The first-order chi connectivity index (χ1) is 8.70. The van der Waals surface area contributed by atoms with E-state index in [1.165, 1.54) is 4.90 Å². The Morgan fingerprint density at radius 3 is 2.39 bits per heavy atom. The molecule has 1 saturated carbocycles. The highest BCUT2D eigenvalue weighted by Crippen LogP contribution is 2.40. The second-order valence-corrected chi connectivity index (χ2v) is 5.19. The Morgan fingerprint density at radius 2 is 1.89 bits per heavy atom. The van der Waals surface area contributed by atoms with Crippen molar-refractivity contribution in [1.29, 1.82) is 0 Å². The van der Waals surface area contributed by atoms with E-state index in [2.05, 4.69) is 9.97 Å². The number of hydrogen-bond acceptors (Lipinski definition) is 3. The number of carbonyl (C=O) groups is 2. The molecule has 2 fully saturated rings. The van der Waals surface area contributed by atoms with E-state index in [1.807, 2.05) is 6.92 Å². The van der Waals surface area contributed by atoms with E-state index < -0.39 is 0 Å². The Kier molecular flexibility index (Phi) is 2.69. The number of rotatable bonds is 2. The number of imidazole rings is 1. The van der Waals surface area contributed by atoms with Crippen molar-refractivity contribution in [1.82, 2.24) is 14.9 Å². The Bertz CT molecular complexity index is 445. The average Bonchev–Trinajstić information content (AvgIpc) is 2.99. The molecule has 1 aliphatic carbocycles. The Hall–Kier alpha value is -1.65. The maximum atomic E-state index is 12.4. The Morgan fingerprint density at radius 1 is 1.28 bits per heavy atom. The van der Waals surface area contributed by atoms with Gasteiger partial charge in [0.1, 0.15) is 5.82 Å². The van der Waals surface area contributed by atoms with Gasteiger partial charge in [-0.25, -0.2) is 4.98 Å². The summed E-state index contributed by atoms with van der Waals surface area (Å²) in [6.45, 7) is 1.85. The van der Waals surface area contributed by atoms with Gasteiger partial charge in [0, 0.05) is 12.4 Å². The maximum Gasteiger partial charge on any atom is 0.233 e. The van der Waals surface area contributed by atoms with Crippen molar-refractivity contribution in [3.05, 3.63) is 18.2 Å². The molecule has 2 aliphatic rings. The summed E-state index contributed by atoms with van der Waals surface area (Å²) in [6.07, 6.45) is 7.19. The van der Waals surface area contributed by atoms with Crippen molar-refractivity contribution in [2.24, 2.45) is 11.8 Å². The highest BCUT2D eigenvalue weighted by molar-refractivity contribution is 6.05. The molecule has 3 rings (SSSR count). The predicted octanol–water partition coefficient (Wildman–Crippen LogP) is 1.65. The van der Waals surface area contributed by atoms with Gasteiger partial charge in [0.2, 0.25) is 11.8 Å². The van der Waals surface area contributed by atoms with Crippen LogP contribution in [0.1, 0.15) is 44.5 Å². The molecule has 0 radical (unpaired) electrons. The fourth-order valence-electron chi connectivity index (χ4n) is 3.20. The fourth-order valence-corrected chi connectivity index (χ4v) is 3.20. The molecule has 0 aromatic carbocycles. The summed E-state index contributed by atoms with van der Waals surface area (Å²) >= 11 is 0. The van der Waals surface area contributed by atoms with Crippen molar-refractivity contribution >= 4 is 11.8 Å². The van der Waals surface area contributed by atoms with Crippen molar-refractivity contribution in [2.75, 3.05) is 0 Å². The van der Waals surface area contributed by atoms with E-state index in [9.17, 15) is 9.59 Å². The molecule has 96 valence electrons. The summed E-state index contributed by atoms with van der Waals surface area (Å²) in [5, 5.41) is 0. The third kappa shape index (κ3) is 1.57. The number of imide groups is 1. The standard InChI is InChI=1S/C13H17N3O2/c1-8(11-14-6-7-15-11)16-12(17)9-4-2-3-5-10(9)13(16)18/h6-10H,2-5H2,1H3,(H,14,15). The summed E-state index contributed by atoms with van der Waals surface area (Å²) < 4.78 is 0. The second-order valence-electron chi connectivity index (χ2n) is 5.19. The zero-order valence-electron chi connectivity index (χ0n) is 10.4. The molecule has 2 amide bonds. The smallest absolute Gasteiger partial charge is 0.233 e. The molecule has 0 bridgehead atoms. The highest BCUT2D eigenvalue weighted by Gasteiger charge is 2.50. The largest absolute Gasteiger partial charge is 0.347 e. The van der Waals surface area contributed by atoms with Crippen molar-refractivity contribution in [2.45, 2.75) is 38.6 Å². The van der Waals surface area contributed by atoms with Crippen LogP contribution in [-0.2, 0) is 9.59 Å². The lowest BCUT2D eigenvalue weighted by molar-refractivity contribution is -0.142. The first kappa shape index (κ1) is 11.4. The van der Waals surface area contributed by atoms with E-state index in [0.717, 1.165) is 25.7 Å². The molecule has 1 saturated heterocycles. The Balaban J connectivity index is 1.88. The topological polar surface area (TPSA) is 66.1 Å². The normalized spacial score (nSPS) is 29.5.